The van der Waals surface area contributed by atoms with Gasteiger partial charge in [0.1, 0.15) is 0 Å². The Balaban J connectivity index is 2.27. The summed E-state index contributed by atoms with van der Waals surface area (Å²) in [7, 11) is 1.73. The molecular weight excluding hydrogens is 166 g/mol. The Morgan fingerprint density at radius 2 is 2.23 bits per heavy atom. The van der Waals surface area contributed by atoms with E-state index in [1.165, 1.54) is 12.8 Å². The maximum atomic E-state index is 9.04. The fourth-order valence-corrected chi connectivity index (χ4v) is 1.60. The first-order valence-electron chi connectivity index (χ1n) is 5.17. The quantitative estimate of drug-likeness (QED) is 0.618. The molecule has 0 radical (unpaired) electrons. The zero-order valence-corrected chi connectivity index (χ0v) is 8.62. The molecule has 78 valence electrons. The summed E-state index contributed by atoms with van der Waals surface area (Å²) < 4.78 is 5.15. The molecule has 1 saturated carbocycles. The Morgan fingerprint density at radius 1 is 1.54 bits per heavy atom. The molecule has 2 N–H and O–H groups in total. The number of aliphatic hydroxyl groups excluding tert-OH is 1. The number of methoxy groups -OCH3 is 1. The zero-order chi connectivity index (χ0) is 9.68. The third-order valence-electron chi connectivity index (χ3n) is 2.70. The van der Waals surface area contributed by atoms with E-state index in [-0.39, 0.29) is 12.6 Å². The van der Waals surface area contributed by atoms with E-state index in [1.54, 1.807) is 7.11 Å². The van der Waals surface area contributed by atoms with Gasteiger partial charge in [-0.05, 0) is 25.2 Å². The molecular formula is C10H21NO2. The summed E-state index contributed by atoms with van der Waals surface area (Å²) in [4.78, 5) is 0. The maximum Gasteiger partial charge on any atom is 0.0618 e. The van der Waals surface area contributed by atoms with Crippen LogP contribution in [0, 0.1) is 5.92 Å². The maximum absolute atomic E-state index is 9.04. The van der Waals surface area contributed by atoms with E-state index >= 15 is 0 Å². The third-order valence-corrected chi connectivity index (χ3v) is 2.70. The standard InChI is InChI=1S/C10H21NO2/c1-3-9(6-12)11-10(7-13-2)8-4-5-8/h8-12H,3-7H2,1-2H3. The molecule has 0 heterocycles. The molecule has 0 aromatic rings. The molecule has 1 fully saturated rings. The van der Waals surface area contributed by atoms with Gasteiger partial charge in [0.2, 0.25) is 0 Å². The Hall–Kier alpha value is -0.120. The largest absolute Gasteiger partial charge is 0.395 e. The predicted octanol–water partition coefficient (Wildman–Crippen LogP) is 0.772. The van der Waals surface area contributed by atoms with Crippen LogP contribution in [0.1, 0.15) is 26.2 Å². The van der Waals surface area contributed by atoms with E-state index in [4.69, 9.17) is 9.84 Å². The monoisotopic (exact) mass is 187 g/mol. The summed E-state index contributed by atoms with van der Waals surface area (Å²) in [6.07, 6.45) is 3.59. The van der Waals surface area contributed by atoms with Crippen LogP contribution in [0.2, 0.25) is 0 Å². The predicted molar refractivity (Wildman–Crippen MR) is 52.7 cm³/mol. The van der Waals surface area contributed by atoms with Crippen LogP contribution in [0.3, 0.4) is 0 Å². The lowest BCUT2D eigenvalue weighted by Gasteiger charge is -2.22. The molecule has 2 atom stereocenters. The van der Waals surface area contributed by atoms with E-state index in [1.807, 2.05) is 0 Å². The van der Waals surface area contributed by atoms with Gasteiger partial charge in [0, 0.05) is 19.2 Å². The van der Waals surface area contributed by atoms with E-state index in [9.17, 15) is 0 Å². The van der Waals surface area contributed by atoms with Crippen molar-refractivity contribution in [3.05, 3.63) is 0 Å². The van der Waals surface area contributed by atoms with Gasteiger partial charge in [-0.3, -0.25) is 0 Å². The second-order valence-corrected chi connectivity index (χ2v) is 3.85. The van der Waals surface area contributed by atoms with Gasteiger partial charge in [-0.15, -0.1) is 0 Å². The van der Waals surface area contributed by atoms with Gasteiger partial charge in [0.05, 0.1) is 13.2 Å². The lowest BCUT2D eigenvalue weighted by atomic mass is 10.1. The third kappa shape index (κ3) is 3.63. The van der Waals surface area contributed by atoms with E-state index in [2.05, 4.69) is 12.2 Å². The number of hydrogen-bond acceptors (Lipinski definition) is 3. The van der Waals surface area contributed by atoms with E-state index in [0.717, 1.165) is 18.9 Å². The average molecular weight is 187 g/mol. The van der Waals surface area contributed by atoms with Crippen LogP contribution in [0.5, 0.6) is 0 Å². The van der Waals surface area contributed by atoms with Crippen molar-refractivity contribution in [2.24, 2.45) is 5.92 Å². The van der Waals surface area contributed by atoms with Crippen molar-refractivity contribution in [1.29, 1.82) is 0 Å². The van der Waals surface area contributed by atoms with Crippen molar-refractivity contribution in [2.45, 2.75) is 38.3 Å². The molecule has 0 bridgehead atoms. The van der Waals surface area contributed by atoms with Gasteiger partial charge in [-0.1, -0.05) is 6.92 Å². The molecule has 0 aromatic carbocycles. The molecule has 1 aliphatic rings. The molecule has 0 amide bonds. The van der Waals surface area contributed by atoms with Gasteiger partial charge in [0.15, 0.2) is 0 Å². The first-order valence-corrected chi connectivity index (χ1v) is 5.17. The summed E-state index contributed by atoms with van der Waals surface area (Å²) in [6, 6.07) is 0.683. The van der Waals surface area contributed by atoms with Crippen LogP contribution in [-0.4, -0.2) is 37.5 Å². The summed E-state index contributed by atoms with van der Waals surface area (Å²) >= 11 is 0. The van der Waals surface area contributed by atoms with Crippen LogP contribution in [0.4, 0.5) is 0 Å². The second kappa shape index (κ2) is 5.58. The molecule has 13 heavy (non-hydrogen) atoms. The Morgan fingerprint density at radius 3 is 2.62 bits per heavy atom. The fraction of sp³-hybridized carbons (Fsp3) is 1.00. The highest BCUT2D eigenvalue weighted by Crippen LogP contribution is 2.32. The van der Waals surface area contributed by atoms with E-state index in [0.29, 0.717) is 6.04 Å². The second-order valence-electron chi connectivity index (χ2n) is 3.85. The highest BCUT2D eigenvalue weighted by Gasteiger charge is 2.31. The molecule has 0 spiro atoms. The Labute approximate surface area is 80.5 Å². The number of aliphatic hydroxyl groups is 1. The Kier molecular flexibility index (Phi) is 4.70. The smallest absolute Gasteiger partial charge is 0.0618 e. The molecule has 2 unspecified atom stereocenters. The van der Waals surface area contributed by atoms with Gasteiger partial charge < -0.3 is 15.2 Å². The molecule has 0 aliphatic heterocycles. The van der Waals surface area contributed by atoms with Gasteiger partial charge in [-0.25, -0.2) is 0 Å². The molecule has 1 rings (SSSR count). The molecule has 0 saturated heterocycles. The summed E-state index contributed by atoms with van der Waals surface area (Å²) in [5.41, 5.74) is 0. The zero-order valence-electron chi connectivity index (χ0n) is 8.62. The van der Waals surface area contributed by atoms with E-state index < -0.39 is 0 Å². The van der Waals surface area contributed by atoms with Gasteiger partial charge in [-0.2, -0.15) is 0 Å². The number of ether oxygens (including phenoxy) is 1. The first kappa shape index (κ1) is 11.0. The fourth-order valence-electron chi connectivity index (χ4n) is 1.60. The minimum atomic E-state index is 0.226. The summed E-state index contributed by atoms with van der Waals surface area (Å²) in [5.74, 6) is 0.778. The van der Waals surface area contributed by atoms with Crippen LogP contribution < -0.4 is 5.32 Å². The lowest BCUT2D eigenvalue weighted by molar-refractivity contribution is 0.138. The lowest BCUT2D eigenvalue weighted by Crippen LogP contribution is -2.43. The van der Waals surface area contributed by atoms with Crippen molar-refractivity contribution in [2.75, 3.05) is 20.3 Å². The molecule has 3 nitrogen and oxygen atoms in total. The highest BCUT2D eigenvalue weighted by molar-refractivity contribution is 4.88. The van der Waals surface area contributed by atoms with Crippen LogP contribution in [-0.2, 0) is 4.74 Å². The van der Waals surface area contributed by atoms with Crippen molar-refractivity contribution in [3.63, 3.8) is 0 Å². The topological polar surface area (TPSA) is 41.5 Å². The minimum Gasteiger partial charge on any atom is -0.395 e. The van der Waals surface area contributed by atoms with Gasteiger partial charge in [0.25, 0.3) is 0 Å². The first-order chi connectivity index (χ1) is 6.31. The van der Waals surface area contributed by atoms with Crippen molar-refractivity contribution in [3.8, 4) is 0 Å². The minimum absolute atomic E-state index is 0.226. The van der Waals surface area contributed by atoms with Gasteiger partial charge >= 0.3 is 0 Å². The molecule has 3 heteroatoms. The highest BCUT2D eigenvalue weighted by atomic mass is 16.5. The molecule has 0 aromatic heterocycles. The summed E-state index contributed by atoms with van der Waals surface area (Å²) in [5, 5.41) is 12.5. The number of hydrogen-bond donors (Lipinski definition) is 2. The normalized spacial score (nSPS) is 21.5. The SMILES string of the molecule is CCC(CO)NC(COC)C1CC1. The Bertz CT molecular complexity index is 133. The molecule has 1 aliphatic carbocycles. The van der Waals surface area contributed by atoms with Crippen molar-refractivity contribution >= 4 is 0 Å². The van der Waals surface area contributed by atoms with Crippen molar-refractivity contribution in [1.82, 2.24) is 5.32 Å². The number of nitrogens with one attached hydrogen (secondary N) is 1. The van der Waals surface area contributed by atoms with Crippen LogP contribution >= 0.6 is 0 Å². The summed E-state index contributed by atoms with van der Waals surface area (Å²) in [6.45, 7) is 3.08. The van der Waals surface area contributed by atoms with Crippen molar-refractivity contribution < 1.29 is 9.84 Å². The number of rotatable bonds is 7. The average Bonchev–Trinajstić information content (AvgIpc) is 2.95. The van der Waals surface area contributed by atoms with Crippen LogP contribution in [0.25, 0.3) is 0 Å². The van der Waals surface area contributed by atoms with Crippen LogP contribution in [0.15, 0.2) is 0 Å².